The number of urea groups is 1. The summed E-state index contributed by atoms with van der Waals surface area (Å²) < 4.78 is 20.4. The maximum atomic E-state index is 15.1. The second kappa shape index (κ2) is 9.73. The molecule has 2 aliphatic carbocycles. The summed E-state index contributed by atoms with van der Waals surface area (Å²) in [7, 11) is 0. The van der Waals surface area contributed by atoms with Gasteiger partial charge in [0.1, 0.15) is 5.82 Å². The molecule has 1 aliphatic heterocycles. The molecule has 168 valence electrons. The number of nitrogens with one attached hydrogen (secondary N) is 2. The van der Waals surface area contributed by atoms with E-state index in [0.29, 0.717) is 44.2 Å². The largest absolute Gasteiger partial charge is 0.391 e. The number of rotatable bonds is 7. The van der Waals surface area contributed by atoms with Crippen molar-refractivity contribution >= 4 is 17.4 Å². The van der Waals surface area contributed by atoms with Gasteiger partial charge in [0.05, 0.1) is 18.9 Å². The van der Waals surface area contributed by atoms with Gasteiger partial charge in [-0.25, -0.2) is 9.18 Å². The fourth-order valence-corrected chi connectivity index (χ4v) is 4.49. The van der Waals surface area contributed by atoms with E-state index in [1.165, 1.54) is 6.07 Å². The molecule has 0 bridgehead atoms. The molecule has 0 spiro atoms. The molecule has 2 amide bonds. The Kier molecular flexibility index (Phi) is 6.80. The number of carbonyl (C=O) groups excluding carboxylic acids is 1. The van der Waals surface area contributed by atoms with Gasteiger partial charge < -0.3 is 20.3 Å². The fraction of sp³-hybridized carbons (Fsp3) is 0.542. The molecule has 7 heteroatoms. The van der Waals surface area contributed by atoms with Gasteiger partial charge in [0.2, 0.25) is 0 Å². The third-order valence-corrected chi connectivity index (χ3v) is 6.43. The molecule has 1 saturated heterocycles. The van der Waals surface area contributed by atoms with Crippen molar-refractivity contribution in [2.75, 3.05) is 49.2 Å². The summed E-state index contributed by atoms with van der Waals surface area (Å²) in [6.07, 6.45) is 6.27. The number of benzene rings is 1. The third-order valence-electron chi connectivity index (χ3n) is 6.43. The van der Waals surface area contributed by atoms with Crippen molar-refractivity contribution < 1.29 is 13.9 Å². The van der Waals surface area contributed by atoms with Crippen LogP contribution < -0.4 is 20.4 Å². The van der Waals surface area contributed by atoms with Crippen LogP contribution in [0, 0.1) is 11.7 Å². The Morgan fingerprint density at radius 3 is 2.74 bits per heavy atom. The molecular weight excluding hydrogens is 395 g/mol. The monoisotopic (exact) mass is 428 g/mol. The lowest BCUT2D eigenvalue weighted by Gasteiger charge is -2.30. The second-order valence-electron chi connectivity index (χ2n) is 8.51. The number of anilines is 2. The van der Waals surface area contributed by atoms with E-state index >= 15 is 4.39 Å². The fourth-order valence-electron chi connectivity index (χ4n) is 4.49. The van der Waals surface area contributed by atoms with E-state index in [-0.39, 0.29) is 23.8 Å². The Balaban J connectivity index is 1.53. The van der Waals surface area contributed by atoms with E-state index in [1.807, 2.05) is 24.1 Å². The van der Waals surface area contributed by atoms with Crippen LogP contribution in [-0.2, 0) is 4.74 Å². The van der Waals surface area contributed by atoms with E-state index in [4.69, 9.17) is 4.74 Å². The molecule has 1 heterocycles. The molecule has 3 fully saturated rings. The Morgan fingerprint density at radius 1 is 1.32 bits per heavy atom. The summed E-state index contributed by atoms with van der Waals surface area (Å²) in [5, 5.41) is 6.36. The van der Waals surface area contributed by atoms with Gasteiger partial charge in [-0.3, -0.25) is 4.90 Å². The lowest BCUT2D eigenvalue weighted by atomic mass is 10.2. The molecule has 2 saturated carbocycles. The molecule has 31 heavy (non-hydrogen) atoms. The molecule has 1 atom stereocenters. The number of ether oxygens (including phenoxy) is 1. The van der Waals surface area contributed by atoms with Crippen LogP contribution in [0.4, 0.5) is 20.6 Å². The average Bonchev–Trinajstić information content (AvgIpc) is 3.12. The Hall–Kier alpha value is -2.54. The van der Waals surface area contributed by atoms with Crippen LogP contribution in [-0.4, -0.2) is 51.5 Å². The summed E-state index contributed by atoms with van der Waals surface area (Å²) in [5.41, 5.74) is 3.30. The first-order valence-corrected chi connectivity index (χ1v) is 11.4. The summed E-state index contributed by atoms with van der Waals surface area (Å²) in [5.74, 6) is -0.202. The lowest BCUT2D eigenvalue weighted by molar-refractivity contribution is 0.122. The highest BCUT2D eigenvalue weighted by molar-refractivity contribution is 5.93. The zero-order valence-corrected chi connectivity index (χ0v) is 18.3. The summed E-state index contributed by atoms with van der Waals surface area (Å²) in [6, 6.07) is 5.15. The molecule has 1 unspecified atom stereocenters. The van der Waals surface area contributed by atoms with E-state index in [1.54, 1.807) is 11.0 Å². The molecule has 4 rings (SSSR count). The van der Waals surface area contributed by atoms with Crippen LogP contribution in [0.5, 0.6) is 0 Å². The van der Waals surface area contributed by atoms with Crippen molar-refractivity contribution in [3.8, 4) is 0 Å². The maximum Gasteiger partial charge on any atom is 0.322 e. The van der Waals surface area contributed by atoms with Crippen molar-refractivity contribution in [1.82, 2.24) is 10.6 Å². The average molecular weight is 429 g/mol. The van der Waals surface area contributed by atoms with Crippen molar-refractivity contribution in [1.29, 1.82) is 0 Å². The maximum absolute atomic E-state index is 15.1. The number of carbonyl (C=O) groups is 1. The van der Waals surface area contributed by atoms with Gasteiger partial charge in [-0.05, 0) is 49.1 Å². The molecule has 0 radical (unpaired) electrons. The summed E-state index contributed by atoms with van der Waals surface area (Å²) >= 11 is 0. The minimum atomic E-state index is -0.309. The minimum Gasteiger partial charge on any atom is -0.391 e. The van der Waals surface area contributed by atoms with Crippen LogP contribution in [0.25, 0.3) is 0 Å². The van der Waals surface area contributed by atoms with Gasteiger partial charge in [-0.15, -0.1) is 0 Å². The van der Waals surface area contributed by atoms with Crippen LogP contribution in [0.15, 0.2) is 42.1 Å². The van der Waals surface area contributed by atoms with Gasteiger partial charge in [-0.2, -0.15) is 0 Å². The molecule has 2 N–H and O–H groups in total. The van der Waals surface area contributed by atoms with Gasteiger partial charge in [0, 0.05) is 50.0 Å². The number of amides is 2. The van der Waals surface area contributed by atoms with Crippen LogP contribution in [0.3, 0.4) is 0 Å². The van der Waals surface area contributed by atoms with Crippen LogP contribution in [0.2, 0.25) is 0 Å². The first-order chi connectivity index (χ1) is 15.1. The predicted molar refractivity (Wildman–Crippen MR) is 122 cm³/mol. The highest BCUT2D eigenvalue weighted by Gasteiger charge is 2.38. The van der Waals surface area contributed by atoms with Gasteiger partial charge >= 0.3 is 6.03 Å². The number of nitrogens with zero attached hydrogens (tertiary/aromatic N) is 2. The SMILES string of the molecule is C=C1/C(=C\NCC)C1CN(C(=O)NC1CCCC1)c1ccc(N2CCOCC2)c(F)c1. The molecule has 1 aromatic rings. The van der Waals surface area contributed by atoms with Crippen molar-refractivity contribution in [3.63, 3.8) is 0 Å². The highest BCUT2D eigenvalue weighted by Crippen LogP contribution is 2.44. The topological polar surface area (TPSA) is 56.8 Å². The lowest BCUT2D eigenvalue weighted by Crippen LogP contribution is -2.45. The Labute approximate surface area is 184 Å². The summed E-state index contributed by atoms with van der Waals surface area (Å²) in [4.78, 5) is 16.9. The van der Waals surface area contributed by atoms with Crippen molar-refractivity contribution in [2.45, 2.75) is 38.6 Å². The molecule has 0 aromatic heterocycles. The zero-order valence-electron chi connectivity index (χ0n) is 18.3. The minimum absolute atomic E-state index is 0.107. The predicted octanol–water partition coefficient (Wildman–Crippen LogP) is 3.80. The van der Waals surface area contributed by atoms with Crippen molar-refractivity contribution in [3.05, 3.63) is 47.9 Å². The van der Waals surface area contributed by atoms with E-state index in [0.717, 1.165) is 43.4 Å². The number of hydrogen-bond acceptors (Lipinski definition) is 4. The van der Waals surface area contributed by atoms with E-state index in [2.05, 4.69) is 17.2 Å². The highest BCUT2D eigenvalue weighted by atomic mass is 19.1. The smallest absolute Gasteiger partial charge is 0.322 e. The standard InChI is InChI=1S/C24H33FN4O2/c1-3-26-15-20-17(2)21(20)16-29(24(30)27-18-6-4-5-7-18)19-8-9-23(22(25)14-19)28-10-12-31-13-11-28/h8-9,14-15,18,21,26H,2-7,10-13,16H2,1H3,(H,27,30)/b20-15+. The quantitative estimate of drug-likeness (QED) is 0.694. The molecular formula is C24H33FN4O2. The third kappa shape index (κ3) is 5.03. The van der Waals surface area contributed by atoms with E-state index in [9.17, 15) is 4.79 Å². The first-order valence-electron chi connectivity index (χ1n) is 11.4. The van der Waals surface area contributed by atoms with Crippen LogP contribution in [0.1, 0.15) is 32.6 Å². The number of hydrogen-bond donors (Lipinski definition) is 2. The number of halogens is 1. The Morgan fingerprint density at radius 2 is 2.06 bits per heavy atom. The Bertz CT molecular complexity index is 844. The summed E-state index contributed by atoms with van der Waals surface area (Å²) in [6.45, 7) is 10.0. The van der Waals surface area contributed by atoms with Crippen LogP contribution >= 0.6 is 0 Å². The molecule has 6 nitrogen and oxygen atoms in total. The molecule has 1 aromatic carbocycles. The van der Waals surface area contributed by atoms with E-state index < -0.39 is 0 Å². The second-order valence-corrected chi connectivity index (χ2v) is 8.51. The number of morpholine rings is 1. The van der Waals surface area contributed by atoms with Gasteiger partial charge in [0.15, 0.2) is 0 Å². The molecule has 3 aliphatic rings. The first kappa shape index (κ1) is 21.7. The normalized spacial score (nSPS) is 22.6. The van der Waals surface area contributed by atoms with Gasteiger partial charge in [0.25, 0.3) is 0 Å². The van der Waals surface area contributed by atoms with Crippen molar-refractivity contribution in [2.24, 2.45) is 5.92 Å². The zero-order chi connectivity index (χ0) is 21.8. The van der Waals surface area contributed by atoms with Gasteiger partial charge in [-0.1, -0.05) is 19.4 Å².